The highest BCUT2D eigenvalue weighted by molar-refractivity contribution is 6.05. The van der Waals surface area contributed by atoms with Crippen molar-refractivity contribution in [3.05, 3.63) is 64.7 Å². The third-order valence-electron chi connectivity index (χ3n) is 3.38. The highest BCUT2D eigenvalue weighted by Gasteiger charge is 2.17. The molecule has 5 N–H and O–H groups in total. The molecule has 0 radical (unpaired) electrons. The van der Waals surface area contributed by atoms with Crippen LogP contribution in [-0.4, -0.2) is 39.8 Å². The summed E-state index contributed by atoms with van der Waals surface area (Å²) in [4.78, 5) is 39.3. The van der Waals surface area contributed by atoms with Gasteiger partial charge in [-0.1, -0.05) is 18.2 Å². The molecule has 0 aliphatic rings. The van der Waals surface area contributed by atoms with E-state index in [1.807, 2.05) is 0 Å². The summed E-state index contributed by atoms with van der Waals surface area (Å²) in [6.07, 6.45) is 0. The smallest absolute Gasteiger partial charge is 0.336 e. The molecule has 0 saturated heterocycles. The number of phenolic OH excluding ortho intramolecular Hbond substituents is 1. The van der Waals surface area contributed by atoms with E-state index in [1.54, 1.807) is 18.2 Å². The largest absolute Gasteiger partial charge is 0.508 e. The zero-order valence-corrected chi connectivity index (χ0v) is 13.4. The molecule has 0 heterocycles. The van der Waals surface area contributed by atoms with Gasteiger partial charge in [0.1, 0.15) is 5.75 Å². The number of hydrogen-bond donors (Lipinski definition) is 5. The van der Waals surface area contributed by atoms with E-state index in [0.717, 1.165) is 6.07 Å². The summed E-state index contributed by atoms with van der Waals surface area (Å²) < 4.78 is 0. The monoisotopic (exact) mass is 360 g/mol. The van der Waals surface area contributed by atoms with Crippen molar-refractivity contribution in [1.29, 1.82) is 0 Å². The first kappa shape index (κ1) is 18.9. The topological polar surface area (TPSA) is 145 Å². The van der Waals surface area contributed by atoms with Gasteiger partial charge in [-0.2, -0.15) is 5.48 Å². The van der Waals surface area contributed by atoms with Crippen molar-refractivity contribution in [1.82, 2.24) is 10.8 Å². The maximum Gasteiger partial charge on any atom is 0.336 e. The number of carboxylic acid groups (broad SMARTS) is 2. The first-order valence-electron chi connectivity index (χ1n) is 7.40. The van der Waals surface area contributed by atoms with Gasteiger partial charge in [-0.15, -0.1) is 0 Å². The number of phenols is 1. The lowest BCUT2D eigenvalue weighted by atomic mass is 10.1. The number of carbonyl (C=O) groups excluding carboxylic acids is 1. The van der Waals surface area contributed by atoms with Crippen LogP contribution in [0, 0.1) is 0 Å². The van der Waals surface area contributed by atoms with E-state index in [1.165, 1.54) is 18.2 Å². The summed E-state index contributed by atoms with van der Waals surface area (Å²) in [5.74, 6) is -3.37. The molecule has 9 heteroatoms. The minimum atomic E-state index is -1.35. The molecular formula is C17H16N2O7. The first-order valence-corrected chi connectivity index (χ1v) is 7.40. The Kier molecular flexibility index (Phi) is 6.25. The molecule has 136 valence electrons. The highest BCUT2D eigenvalue weighted by Crippen LogP contribution is 2.16. The van der Waals surface area contributed by atoms with Crippen molar-refractivity contribution in [3.63, 3.8) is 0 Å². The lowest BCUT2D eigenvalue weighted by molar-refractivity contribution is 0.0226. The Labute approximate surface area is 147 Å². The van der Waals surface area contributed by atoms with Gasteiger partial charge in [0.15, 0.2) is 0 Å². The molecule has 26 heavy (non-hydrogen) atoms. The number of hydrogen-bond acceptors (Lipinski definition) is 6. The number of carbonyl (C=O) groups is 3. The van der Waals surface area contributed by atoms with Crippen LogP contribution >= 0.6 is 0 Å². The average molecular weight is 360 g/mol. The van der Waals surface area contributed by atoms with Crippen LogP contribution in [0.15, 0.2) is 42.5 Å². The number of aromatic hydroxyl groups is 1. The Hall–Kier alpha value is -3.43. The minimum Gasteiger partial charge on any atom is -0.508 e. The molecule has 0 atom stereocenters. The van der Waals surface area contributed by atoms with Crippen LogP contribution in [0.25, 0.3) is 0 Å². The zero-order chi connectivity index (χ0) is 19.1. The summed E-state index contributed by atoms with van der Waals surface area (Å²) in [5, 5.41) is 29.8. The highest BCUT2D eigenvalue weighted by atomic mass is 16.6. The SMILES string of the molecule is O=C(O)c1ccccc1CONCNC(=O)c1ccc(O)cc1C(=O)O. The van der Waals surface area contributed by atoms with Gasteiger partial charge in [-0.3, -0.25) is 9.63 Å². The zero-order valence-electron chi connectivity index (χ0n) is 13.4. The lowest BCUT2D eigenvalue weighted by Crippen LogP contribution is -2.34. The number of rotatable bonds is 8. The quantitative estimate of drug-likeness (QED) is 0.268. The molecule has 0 fully saturated rings. The third kappa shape index (κ3) is 4.79. The molecule has 0 aliphatic carbocycles. The lowest BCUT2D eigenvalue weighted by Gasteiger charge is -2.10. The maximum absolute atomic E-state index is 12.0. The summed E-state index contributed by atoms with van der Waals surface area (Å²) in [6.45, 7) is -0.189. The summed E-state index contributed by atoms with van der Waals surface area (Å²) in [5.41, 5.74) is 2.54. The fourth-order valence-electron chi connectivity index (χ4n) is 2.15. The number of amides is 1. The van der Waals surface area contributed by atoms with E-state index in [0.29, 0.717) is 5.56 Å². The predicted molar refractivity (Wildman–Crippen MR) is 88.7 cm³/mol. The Morgan fingerprint density at radius 3 is 2.31 bits per heavy atom. The molecule has 0 unspecified atom stereocenters. The van der Waals surface area contributed by atoms with Gasteiger partial charge < -0.3 is 20.6 Å². The average Bonchev–Trinajstić information content (AvgIpc) is 2.61. The van der Waals surface area contributed by atoms with Crippen LogP contribution < -0.4 is 10.8 Å². The second-order valence-corrected chi connectivity index (χ2v) is 5.11. The molecule has 0 aliphatic heterocycles. The Morgan fingerprint density at radius 2 is 1.62 bits per heavy atom. The van der Waals surface area contributed by atoms with Gasteiger partial charge in [0.25, 0.3) is 5.91 Å². The van der Waals surface area contributed by atoms with Crippen LogP contribution in [0.1, 0.15) is 36.6 Å². The van der Waals surface area contributed by atoms with Gasteiger partial charge in [-0.05, 0) is 29.8 Å². The van der Waals surface area contributed by atoms with Crippen LogP contribution in [0.3, 0.4) is 0 Å². The van der Waals surface area contributed by atoms with Gasteiger partial charge in [-0.25, -0.2) is 9.59 Å². The van der Waals surface area contributed by atoms with Gasteiger partial charge in [0.2, 0.25) is 0 Å². The van der Waals surface area contributed by atoms with Gasteiger partial charge in [0.05, 0.1) is 30.0 Å². The van der Waals surface area contributed by atoms with Gasteiger partial charge in [0, 0.05) is 0 Å². The molecule has 0 aromatic heterocycles. The number of benzene rings is 2. The molecule has 1 amide bonds. The summed E-state index contributed by atoms with van der Waals surface area (Å²) in [7, 11) is 0. The number of carboxylic acids is 2. The Bertz CT molecular complexity index is 836. The predicted octanol–water partition coefficient (Wildman–Crippen LogP) is 1.20. The molecule has 2 aromatic carbocycles. The van der Waals surface area contributed by atoms with Crippen molar-refractivity contribution >= 4 is 17.8 Å². The molecule has 2 aromatic rings. The van der Waals surface area contributed by atoms with E-state index in [4.69, 9.17) is 15.1 Å². The van der Waals surface area contributed by atoms with Gasteiger partial charge >= 0.3 is 11.9 Å². The van der Waals surface area contributed by atoms with Crippen molar-refractivity contribution in [3.8, 4) is 5.75 Å². The number of aromatic carboxylic acids is 2. The van der Waals surface area contributed by atoms with Crippen molar-refractivity contribution in [2.45, 2.75) is 6.61 Å². The van der Waals surface area contributed by atoms with E-state index >= 15 is 0 Å². The van der Waals surface area contributed by atoms with Crippen molar-refractivity contribution < 1.29 is 34.5 Å². The molecule has 0 saturated carbocycles. The molecule has 0 bridgehead atoms. The third-order valence-corrected chi connectivity index (χ3v) is 3.38. The van der Waals surface area contributed by atoms with E-state index < -0.39 is 17.8 Å². The van der Waals surface area contributed by atoms with Crippen molar-refractivity contribution in [2.75, 3.05) is 6.67 Å². The second-order valence-electron chi connectivity index (χ2n) is 5.11. The van der Waals surface area contributed by atoms with Crippen LogP contribution in [-0.2, 0) is 11.4 Å². The van der Waals surface area contributed by atoms with E-state index in [9.17, 15) is 19.5 Å². The fourth-order valence-corrected chi connectivity index (χ4v) is 2.15. The van der Waals surface area contributed by atoms with Crippen molar-refractivity contribution in [2.24, 2.45) is 0 Å². The van der Waals surface area contributed by atoms with E-state index in [-0.39, 0.29) is 35.7 Å². The molecule has 0 spiro atoms. The fraction of sp³-hybridized carbons (Fsp3) is 0.118. The molecule has 2 rings (SSSR count). The molecular weight excluding hydrogens is 344 g/mol. The minimum absolute atomic E-state index is 0.0437. The Morgan fingerprint density at radius 1 is 0.923 bits per heavy atom. The number of nitrogens with one attached hydrogen (secondary N) is 2. The maximum atomic E-state index is 12.0. The van der Waals surface area contributed by atoms with E-state index in [2.05, 4.69) is 10.8 Å². The first-order chi connectivity index (χ1) is 12.4. The van der Waals surface area contributed by atoms with Crippen LogP contribution in [0.4, 0.5) is 0 Å². The molecule has 9 nitrogen and oxygen atoms in total. The summed E-state index contributed by atoms with van der Waals surface area (Å²) in [6, 6.07) is 9.68. The second kappa shape index (κ2) is 8.60. The van der Waals surface area contributed by atoms with Crippen LogP contribution in [0.2, 0.25) is 0 Å². The Balaban J connectivity index is 1.87. The number of hydroxylamine groups is 1. The summed E-state index contributed by atoms with van der Waals surface area (Å²) >= 11 is 0. The normalized spacial score (nSPS) is 10.3. The van der Waals surface area contributed by atoms with Crippen LogP contribution in [0.5, 0.6) is 5.75 Å². The standard InChI is InChI=1S/C17H16N2O7/c20-11-5-6-13(14(7-11)17(24)25)15(21)18-9-19-26-8-10-3-1-2-4-12(10)16(22)23/h1-7,19-20H,8-9H2,(H,18,21)(H,22,23)(H,24,25).